The van der Waals surface area contributed by atoms with Gasteiger partial charge in [0, 0.05) is 36.7 Å². The van der Waals surface area contributed by atoms with Crippen molar-refractivity contribution in [1.29, 1.82) is 0 Å². The number of nitrogens with zero attached hydrogens (tertiary/aromatic N) is 3. The second kappa shape index (κ2) is 5.41. The van der Waals surface area contributed by atoms with Crippen LogP contribution in [0.25, 0.3) is 0 Å². The molecule has 1 atom stereocenters. The second-order valence-electron chi connectivity index (χ2n) is 4.67. The number of likely N-dealkylation sites (tertiary alicyclic amines) is 1. The number of amides is 2. The van der Waals surface area contributed by atoms with Gasteiger partial charge in [0.2, 0.25) is 5.89 Å². The van der Waals surface area contributed by atoms with Gasteiger partial charge in [-0.25, -0.2) is 4.79 Å². The molecule has 3 rings (SSSR count). The van der Waals surface area contributed by atoms with Crippen LogP contribution in [0.3, 0.4) is 0 Å². The summed E-state index contributed by atoms with van der Waals surface area (Å²) < 4.78 is 4.98. The van der Waals surface area contributed by atoms with Crippen molar-refractivity contribution >= 4 is 34.7 Å². The van der Waals surface area contributed by atoms with Gasteiger partial charge in [-0.15, -0.1) is 11.3 Å². The number of hydrogen-bond acceptors (Lipinski definition) is 5. The Morgan fingerprint density at radius 2 is 2.45 bits per heavy atom. The van der Waals surface area contributed by atoms with Crippen molar-refractivity contribution in [2.24, 2.45) is 0 Å². The lowest BCUT2D eigenvalue weighted by atomic mass is 10.1. The maximum absolute atomic E-state index is 12.1. The van der Waals surface area contributed by atoms with Crippen molar-refractivity contribution in [1.82, 2.24) is 15.0 Å². The highest BCUT2D eigenvalue weighted by Gasteiger charge is 2.30. The highest BCUT2D eigenvalue weighted by atomic mass is 35.5. The van der Waals surface area contributed by atoms with Gasteiger partial charge in [-0.05, 0) is 6.42 Å². The molecule has 0 spiro atoms. The molecule has 8 heteroatoms. The lowest BCUT2D eigenvalue weighted by molar-refractivity contribution is 0.222. The molecule has 0 saturated carbocycles. The van der Waals surface area contributed by atoms with Crippen molar-refractivity contribution in [3.05, 3.63) is 27.5 Å². The van der Waals surface area contributed by atoms with Gasteiger partial charge in [-0.2, -0.15) is 4.98 Å². The van der Waals surface area contributed by atoms with Crippen LogP contribution in [0.4, 0.5) is 10.5 Å². The SMILES string of the molecule is Cc1nc(C2CCN(C(=O)Nc3cscc3Cl)C2)no1. The van der Waals surface area contributed by atoms with E-state index in [2.05, 4.69) is 15.5 Å². The Hall–Kier alpha value is -1.60. The highest BCUT2D eigenvalue weighted by molar-refractivity contribution is 7.09. The maximum Gasteiger partial charge on any atom is 0.321 e. The van der Waals surface area contributed by atoms with Gasteiger partial charge in [0.25, 0.3) is 0 Å². The van der Waals surface area contributed by atoms with E-state index in [1.807, 2.05) is 5.38 Å². The van der Waals surface area contributed by atoms with Crippen molar-refractivity contribution in [2.75, 3.05) is 18.4 Å². The third-order valence-corrected chi connectivity index (χ3v) is 4.43. The molecule has 106 valence electrons. The summed E-state index contributed by atoms with van der Waals surface area (Å²) >= 11 is 7.42. The van der Waals surface area contributed by atoms with Gasteiger partial charge in [0.05, 0.1) is 10.7 Å². The van der Waals surface area contributed by atoms with Crippen LogP contribution in [0.1, 0.15) is 24.1 Å². The molecule has 6 nitrogen and oxygen atoms in total. The van der Waals surface area contributed by atoms with Gasteiger partial charge in [0.1, 0.15) is 0 Å². The molecule has 0 aliphatic carbocycles. The number of aryl methyl sites for hydroxylation is 1. The maximum atomic E-state index is 12.1. The summed E-state index contributed by atoms with van der Waals surface area (Å²) in [5, 5.41) is 10.9. The molecule has 2 aromatic rings. The minimum Gasteiger partial charge on any atom is -0.340 e. The van der Waals surface area contributed by atoms with E-state index in [9.17, 15) is 4.79 Å². The van der Waals surface area contributed by atoms with Crippen LogP contribution in [-0.4, -0.2) is 34.2 Å². The van der Waals surface area contributed by atoms with E-state index in [1.54, 1.807) is 17.2 Å². The number of nitrogens with one attached hydrogen (secondary N) is 1. The number of hydrogen-bond donors (Lipinski definition) is 1. The first-order valence-corrected chi connectivity index (χ1v) is 7.53. The zero-order chi connectivity index (χ0) is 14.1. The van der Waals surface area contributed by atoms with Crippen LogP contribution in [0, 0.1) is 6.92 Å². The van der Waals surface area contributed by atoms with Crippen LogP contribution in [0.15, 0.2) is 15.3 Å². The Kier molecular flexibility index (Phi) is 3.62. The van der Waals surface area contributed by atoms with Crippen LogP contribution < -0.4 is 5.32 Å². The van der Waals surface area contributed by atoms with E-state index in [0.29, 0.717) is 35.5 Å². The normalized spacial score (nSPS) is 18.5. The van der Waals surface area contributed by atoms with Crippen molar-refractivity contribution in [3.8, 4) is 0 Å². The van der Waals surface area contributed by atoms with E-state index in [4.69, 9.17) is 16.1 Å². The molecule has 1 N–H and O–H groups in total. The molecule has 0 aromatic carbocycles. The topological polar surface area (TPSA) is 71.3 Å². The highest BCUT2D eigenvalue weighted by Crippen LogP contribution is 2.28. The monoisotopic (exact) mass is 312 g/mol. The number of anilines is 1. The lowest BCUT2D eigenvalue weighted by Gasteiger charge is -2.16. The van der Waals surface area contributed by atoms with Crippen LogP contribution in [-0.2, 0) is 0 Å². The Balaban J connectivity index is 1.62. The van der Waals surface area contributed by atoms with Gasteiger partial charge in [0.15, 0.2) is 5.82 Å². The summed E-state index contributed by atoms with van der Waals surface area (Å²) in [7, 11) is 0. The molecule has 0 radical (unpaired) electrons. The molecule has 1 fully saturated rings. The number of urea groups is 1. The quantitative estimate of drug-likeness (QED) is 0.925. The van der Waals surface area contributed by atoms with E-state index in [-0.39, 0.29) is 11.9 Å². The molecule has 0 bridgehead atoms. The molecule has 1 unspecified atom stereocenters. The summed E-state index contributed by atoms with van der Waals surface area (Å²) in [5.41, 5.74) is 0.653. The molecule has 2 aromatic heterocycles. The number of carbonyl (C=O) groups excluding carboxylic acids is 1. The summed E-state index contributed by atoms with van der Waals surface area (Å²) in [6.07, 6.45) is 0.837. The van der Waals surface area contributed by atoms with E-state index in [0.717, 1.165) is 6.42 Å². The van der Waals surface area contributed by atoms with E-state index >= 15 is 0 Å². The molecule has 1 aliphatic rings. The van der Waals surface area contributed by atoms with Gasteiger partial charge >= 0.3 is 6.03 Å². The molecule has 1 aliphatic heterocycles. The second-order valence-corrected chi connectivity index (χ2v) is 5.82. The minimum atomic E-state index is -0.145. The van der Waals surface area contributed by atoms with Gasteiger partial charge in [-0.3, -0.25) is 0 Å². The summed E-state index contributed by atoms with van der Waals surface area (Å²) in [4.78, 5) is 18.1. The van der Waals surface area contributed by atoms with Crippen molar-refractivity contribution in [2.45, 2.75) is 19.3 Å². The Bertz CT molecular complexity index is 627. The molecular weight excluding hydrogens is 300 g/mol. The number of thiophene rings is 1. The Labute approximate surface area is 124 Å². The molecule has 2 amide bonds. The van der Waals surface area contributed by atoms with Crippen molar-refractivity contribution < 1.29 is 9.32 Å². The summed E-state index contributed by atoms with van der Waals surface area (Å²) in [5.74, 6) is 1.36. The van der Waals surface area contributed by atoms with Gasteiger partial charge in [-0.1, -0.05) is 16.8 Å². The lowest BCUT2D eigenvalue weighted by Crippen LogP contribution is -2.32. The average molecular weight is 313 g/mol. The largest absolute Gasteiger partial charge is 0.340 e. The smallest absolute Gasteiger partial charge is 0.321 e. The Morgan fingerprint density at radius 3 is 3.10 bits per heavy atom. The summed E-state index contributed by atoms with van der Waals surface area (Å²) in [6, 6.07) is -0.145. The fraction of sp³-hybridized carbons (Fsp3) is 0.417. The molecular formula is C12H13ClN4O2S. The molecule has 3 heterocycles. The summed E-state index contributed by atoms with van der Waals surface area (Å²) in [6.45, 7) is 3.02. The number of rotatable bonds is 2. The minimum absolute atomic E-state index is 0.135. The Morgan fingerprint density at radius 1 is 1.60 bits per heavy atom. The number of halogens is 1. The third-order valence-electron chi connectivity index (χ3n) is 3.24. The van der Waals surface area contributed by atoms with E-state index in [1.165, 1.54) is 11.3 Å². The molecule has 1 saturated heterocycles. The first kappa shape index (κ1) is 13.4. The van der Waals surface area contributed by atoms with Gasteiger partial charge < -0.3 is 14.7 Å². The standard InChI is InChI=1S/C12H13ClN4O2S/c1-7-14-11(16-19-7)8-2-3-17(4-8)12(18)15-10-6-20-5-9(10)13/h5-6,8H,2-4H2,1H3,(H,15,18). The van der Waals surface area contributed by atoms with Crippen molar-refractivity contribution in [3.63, 3.8) is 0 Å². The van der Waals surface area contributed by atoms with Crippen LogP contribution >= 0.6 is 22.9 Å². The fourth-order valence-electron chi connectivity index (χ4n) is 2.20. The first-order valence-electron chi connectivity index (χ1n) is 6.21. The zero-order valence-electron chi connectivity index (χ0n) is 10.8. The zero-order valence-corrected chi connectivity index (χ0v) is 12.4. The predicted molar refractivity (Wildman–Crippen MR) is 76.3 cm³/mol. The number of aromatic nitrogens is 2. The van der Waals surface area contributed by atoms with Crippen LogP contribution in [0.5, 0.6) is 0 Å². The first-order chi connectivity index (χ1) is 9.63. The average Bonchev–Trinajstić information content (AvgIpc) is 3.11. The van der Waals surface area contributed by atoms with Crippen LogP contribution in [0.2, 0.25) is 5.02 Å². The fourth-order valence-corrected chi connectivity index (χ4v) is 3.16. The predicted octanol–water partition coefficient (Wildman–Crippen LogP) is 3.11. The number of carbonyl (C=O) groups is 1. The third kappa shape index (κ3) is 2.64. The molecule has 20 heavy (non-hydrogen) atoms. The van der Waals surface area contributed by atoms with E-state index < -0.39 is 0 Å².